The van der Waals surface area contributed by atoms with E-state index >= 15 is 0 Å². The summed E-state index contributed by atoms with van der Waals surface area (Å²) in [5, 5.41) is 1.66. The molecule has 0 fully saturated rings. The van der Waals surface area contributed by atoms with Gasteiger partial charge in [-0.2, -0.15) is 8.42 Å². The lowest BCUT2D eigenvalue weighted by atomic mass is 10.3. The lowest BCUT2D eigenvalue weighted by molar-refractivity contribution is 0.597. The number of fused-ring (bicyclic) bond motifs is 1. The summed E-state index contributed by atoms with van der Waals surface area (Å²) < 4.78 is 44.5. The summed E-state index contributed by atoms with van der Waals surface area (Å²) in [6.07, 6.45) is 5.31. The smallest absolute Gasteiger partial charge is 0.294 e. The van der Waals surface area contributed by atoms with Crippen molar-refractivity contribution in [2.24, 2.45) is 4.40 Å². The van der Waals surface area contributed by atoms with Gasteiger partial charge >= 0.3 is 0 Å². The molecule has 0 radical (unpaired) electrons. The summed E-state index contributed by atoms with van der Waals surface area (Å²) in [7, 11) is -3.83. The number of thiazole rings is 1. The number of nitrogens with zero attached hydrogens (tertiary/aromatic N) is 2. The Morgan fingerprint density at radius 2 is 2.14 bits per heavy atom. The van der Waals surface area contributed by atoms with E-state index in [4.69, 9.17) is 6.42 Å². The van der Waals surface area contributed by atoms with E-state index in [2.05, 4.69) is 10.3 Å². The highest BCUT2D eigenvalue weighted by atomic mass is 32.2. The molecule has 0 saturated carbocycles. The van der Waals surface area contributed by atoms with Gasteiger partial charge in [0.15, 0.2) is 0 Å². The van der Waals surface area contributed by atoms with Gasteiger partial charge in [-0.05, 0) is 23.6 Å². The summed E-state index contributed by atoms with van der Waals surface area (Å²) in [5.74, 6) is 1.94. The highest BCUT2D eigenvalue weighted by Crippen LogP contribution is 2.22. The van der Waals surface area contributed by atoms with Crippen molar-refractivity contribution in [3.63, 3.8) is 0 Å². The molecule has 1 aromatic carbocycles. The van der Waals surface area contributed by atoms with Gasteiger partial charge in [-0.1, -0.05) is 29.4 Å². The van der Waals surface area contributed by atoms with Crippen LogP contribution in [0.2, 0.25) is 0 Å². The molecule has 0 atom stereocenters. The third-order valence-electron chi connectivity index (χ3n) is 2.85. The molecule has 22 heavy (non-hydrogen) atoms. The number of rotatable bonds is 3. The van der Waals surface area contributed by atoms with E-state index in [0.29, 0.717) is 4.70 Å². The first kappa shape index (κ1) is 15.0. The Labute approximate surface area is 134 Å². The molecule has 0 aliphatic rings. The zero-order chi connectivity index (χ0) is 15.7. The highest BCUT2D eigenvalue weighted by Gasteiger charge is 2.16. The number of hydrogen-bond donors (Lipinski definition) is 0. The fourth-order valence-electron chi connectivity index (χ4n) is 1.95. The topological polar surface area (TPSA) is 51.4 Å². The molecule has 8 heteroatoms. The average Bonchev–Trinajstić information content (AvgIpc) is 3.09. The fraction of sp³-hybridized carbons (Fsp3) is 0.0714. The van der Waals surface area contributed by atoms with Crippen molar-refractivity contribution in [3.05, 3.63) is 46.3 Å². The van der Waals surface area contributed by atoms with Crippen molar-refractivity contribution < 1.29 is 12.8 Å². The predicted molar refractivity (Wildman–Crippen MR) is 85.7 cm³/mol. The standard InChI is InChI=1S/C14H9FN2O2S3/c1-2-8-17-13-10(15)5-3-6-11(13)21-14(17)16-22(18,19)12-7-4-9-20-12/h1,3-7,9H,8H2. The lowest BCUT2D eigenvalue weighted by Gasteiger charge is -2.00. The van der Waals surface area contributed by atoms with Gasteiger partial charge in [0.1, 0.15) is 10.0 Å². The number of hydrogen-bond acceptors (Lipinski definition) is 4. The summed E-state index contributed by atoms with van der Waals surface area (Å²) in [6.45, 7) is 0.0414. The molecule has 0 amide bonds. The second-order valence-electron chi connectivity index (χ2n) is 4.26. The van der Waals surface area contributed by atoms with E-state index in [-0.39, 0.29) is 21.1 Å². The minimum atomic E-state index is -3.83. The Bertz CT molecular complexity index is 1040. The van der Waals surface area contributed by atoms with Gasteiger partial charge in [-0.25, -0.2) is 4.39 Å². The average molecular weight is 352 g/mol. The Hall–Kier alpha value is -1.95. The van der Waals surface area contributed by atoms with E-state index in [9.17, 15) is 12.8 Å². The van der Waals surface area contributed by atoms with Gasteiger partial charge in [0, 0.05) is 0 Å². The SMILES string of the molecule is C#CCn1c(=NS(=O)(=O)c2cccs2)sc2cccc(F)c21. The minimum Gasteiger partial charge on any atom is -0.302 e. The number of sulfonamides is 1. The molecule has 0 aliphatic carbocycles. The maximum Gasteiger partial charge on any atom is 0.294 e. The van der Waals surface area contributed by atoms with Gasteiger partial charge in [0.05, 0.1) is 16.8 Å². The van der Waals surface area contributed by atoms with Crippen LogP contribution in [-0.4, -0.2) is 13.0 Å². The van der Waals surface area contributed by atoms with Crippen molar-refractivity contribution >= 4 is 42.9 Å². The van der Waals surface area contributed by atoms with Crippen molar-refractivity contribution in [2.45, 2.75) is 10.8 Å². The van der Waals surface area contributed by atoms with Crippen LogP contribution in [0.15, 0.2) is 44.3 Å². The monoisotopic (exact) mass is 352 g/mol. The van der Waals surface area contributed by atoms with E-state index in [1.54, 1.807) is 23.6 Å². The lowest BCUT2D eigenvalue weighted by Crippen LogP contribution is -2.17. The normalized spacial score (nSPS) is 12.6. The van der Waals surface area contributed by atoms with Crippen LogP contribution in [0.1, 0.15) is 0 Å². The summed E-state index contributed by atoms with van der Waals surface area (Å²) in [4.78, 5) is 0.159. The van der Waals surface area contributed by atoms with E-state index in [0.717, 1.165) is 22.7 Å². The van der Waals surface area contributed by atoms with Crippen LogP contribution in [0.5, 0.6) is 0 Å². The van der Waals surface area contributed by atoms with Gasteiger partial charge < -0.3 is 4.57 Å². The Morgan fingerprint density at radius 3 is 2.82 bits per heavy atom. The van der Waals surface area contributed by atoms with Crippen LogP contribution < -0.4 is 4.80 Å². The Balaban J connectivity index is 2.32. The van der Waals surface area contributed by atoms with Gasteiger partial charge in [-0.15, -0.1) is 22.2 Å². The Morgan fingerprint density at radius 1 is 1.32 bits per heavy atom. The molecule has 112 valence electrons. The summed E-state index contributed by atoms with van der Waals surface area (Å²) in [5.41, 5.74) is 0.269. The minimum absolute atomic E-state index is 0.0414. The Kier molecular flexibility index (Phi) is 3.87. The van der Waals surface area contributed by atoms with Crippen molar-refractivity contribution in [1.82, 2.24) is 4.57 Å². The summed E-state index contributed by atoms with van der Waals surface area (Å²) in [6, 6.07) is 7.68. The van der Waals surface area contributed by atoms with Crippen LogP contribution in [0.25, 0.3) is 10.2 Å². The molecule has 2 heterocycles. The van der Waals surface area contributed by atoms with Gasteiger partial charge in [0.2, 0.25) is 4.80 Å². The van der Waals surface area contributed by atoms with E-state index in [1.165, 1.54) is 16.7 Å². The largest absolute Gasteiger partial charge is 0.302 e. The number of benzene rings is 1. The molecule has 2 aromatic heterocycles. The highest BCUT2D eigenvalue weighted by molar-refractivity contribution is 7.92. The molecule has 0 N–H and O–H groups in total. The predicted octanol–water partition coefficient (Wildman–Crippen LogP) is 2.83. The van der Waals surface area contributed by atoms with Gasteiger partial charge in [0.25, 0.3) is 10.0 Å². The molecule has 4 nitrogen and oxygen atoms in total. The zero-order valence-electron chi connectivity index (χ0n) is 11.1. The number of terminal acetylenes is 1. The fourth-order valence-corrected chi connectivity index (χ4v) is 5.17. The molecule has 0 spiro atoms. The number of thiophene rings is 1. The maximum atomic E-state index is 14.0. The first-order chi connectivity index (χ1) is 10.5. The van der Waals surface area contributed by atoms with Crippen LogP contribution in [-0.2, 0) is 16.6 Å². The molecule has 0 aliphatic heterocycles. The van der Waals surface area contributed by atoms with Crippen molar-refractivity contribution in [2.75, 3.05) is 0 Å². The summed E-state index contributed by atoms with van der Waals surface area (Å²) >= 11 is 2.17. The second-order valence-corrected chi connectivity index (χ2v) is 8.05. The quantitative estimate of drug-likeness (QED) is 0.681. The first-order valence-electron chi connectivity index (χ1n) is 6.09. The maximum absolute atomic E-state index is 14.0. The van der Waals surface area contributed by atoms with Crippen molar-refractivity contribution in [1.29, 1.82) is 0 Å². The van der Waals surface area contributed by atoms with Crippen LogP contribution >= 0.6 is 22.7 Å². The third kappa shape index (κ3) is 2.59. The molecule has 0 saturated heterocycles. The molecule has 3 aromatic rings. The molecular formula is C14H9FN2O2S3. The number of aromatic nitrogens is 1. The van der Waals surface area contributed by atoms with Crippen LogP contribution in [0, 0.1) is 18.2 Å². The van der Waals surface area contributed by atoms with Crippen molar-refractivity contribution in [3.8, 4) is 12.3 Å². The van der Waals surface area contributed by atoms with Crippen LogP contribution in [0.3, 0.4) is 0 Å². The third-order valence-corrected chi connectivity index (χ3v) is 6.65. The second kappa shape index (κ2) is 5.68. The number of para-hydroxylation sites is 1. The molecule has 0 bridgehead atoms. The van der Waals surface area contributed by atoms with Gasteiger partial charge in [-0.3, -0.25) is 0 Å². The zero-order valence-corrected chi connectivity index (χ0v) is 13.5. The molecular weight excluding hydrogens is 343 g/mol. The first-order valence-corrected chi connectivity index (χ1v) is 9.22. The molecule has 0 unspecified atom stereocenters. The van der Waals surface area contributed by atoms with E-state index in [1.807, 2.05) is 0 Å². The van der Waals surface area contributed by atoms with E-state index < -0.39 is 15.8 Å². The van der Waals surface area contributed by atoms with Crippen LogP contribution in [0.4, 0.5) is 4.39 Å². The number of halogens is 1. The molecule has 3 rings (SSSR count).